The van der Waals surface area contributed by atoms with Crippen LogP contribution in [0.5, 0.6) is 5.75 Å². The Balaban J connectivity index is 2.24. The highest BCUT2D eigenvalue weighted by atomic mass is 16.5. The van der Waals surface area contributed by atoms with Crippen LogP contribution in [0.15, 0.2) is 24.3 Å². The maximum atomic E-state index is 11.6. The molecule has 2 atom stereocenters. The van der Waals surface area contributed by atoms with E-state index >= 15 is 0 Å². The largest absolute Gasteiger partial charge is 0.497 e. The predicted octanol–water partition coefficient (Wildman–Crippen LogP) is 1.84. The number of methoxy groups -OCH3 is 1. The molecular weight excluding hydrogens is 240 g/mol. The topological polar surface area (TPSA) is 29.5 Å². The molecule has 2 unspecified atom stereocenters. The predicted molar refractivity (Wildman–Crippen MR) is 74.4 cm³/mol. The molecule has 0 saturated carbocycles. The molecule has 0 bridgehead atoms. The minimum atomic E-state index is 0.137. The number of ether oxygens (including phenoxy) is 1. The van der Waals surface area contributed by atoms with Gasteiger partial charge in [0.05, 0.1) is 26.7 Å². The van der Waals surface area contributed by atoms with E-state index < -0.39 is 0 Å². The summed E-state index contributed by atoms with van der Waals surface area (Å²) in [4.78, 5) is 13.5. The number of quaternary nitrogens is 1. The van der Waals surface area contributed by atoms with Gasteiger partial charge in [-0.3, -0.25) is 4.79 Å². The third-order valence-corrected chi connectivity index (χ3v) is 3.97. The van der Waals surface area contributed by atoms with E-state index in [2.05, 4.69) is 26.2 Å². The number of likely N-dealkylation sites (N-methyl/N-ethyl adjacent to an activating group) is 1. The van der Waals surface area contributed by atoms with Crippen molar-refractivity contribution < 1.29 is 14.0 Å². The van der Waals surface area contributed by atoms with Crippen LogP contribution in [0, 0.1) is 7.05 Å². The van der Waals surface area contributed by atoms with Crippen molar-refractivity contribution in [2.75, 3.05) is 33.8 Å². The Morgan fingerprint density at radius 3 is 2.58 bits per heavy atom. The van der Waals surface area contributed by atoms with Gasteiger partial charge in [-0.15, -0.1) is 7.05 Å². The first-order valence-electron chi connectivity index (χ1n) is 6.53. The minimum absolute atomic E-state index is 0.137. The van der Waals surface area contributed by atoms with Gasteiger partial charge in [0.15, 0.2) is 0 Å². The van der Waals surface area contributed by atoms with Crippen LogP contribution in [0.1, 0.15) is 18.5 Å². The minimum Gasteiger partial charge on any atom is -0.497 e. The van der Waals surface area contributed by atoms with Gasteiger partial charge in [0, 0.05) is 19.5 Å². The molecule has 1 aromatic carbocycles. The number of nitrogens with zero attached hydrogens (tertiary/aromatic N) is 2. The van der Waals surface area contributed by atoms with Crippen LogP contribution in [0.4, 0.5) is 0 Å². The highest BCUT2D eigenvalue weighted by Crippen LogP contribution is 2.31. The van der Waals surface area contributed by atoms with Gasteiger partial charge in [-0.2, -0.15) is 0 Å². The maximum Gasteiger partial charge on any atom is 0.219 e. The van der Waals surface area contributed by atoms with Crippen molar-refractivity contribution in [2.45, 2.75) is 13.0 Å². The lowest BCUT2D eigenvalue weighted by Gasteiger charge is -2.51. The molecular formula is C15H22N2O2. The number of hydrogen-bond acceptors (Lipinski definition) is 2. The fourth-order valence-electron chi connectivity index (χ4n) is 2.58. The molecule has 19 heavy (non-hydrogen) atoms. The third kappa shape index (κ3) is 2.89. The number of benzene rings is 1. The molecule has 1 amide bonds. The normalized spacial score (nSPS) is 27.2. The van der Waals surface area contributed by atoms with Crippen molar-refractivity contribution in [2.24, 2.45) is 0 Å². The quantitative estimate of drug-likeness (QED) is 0.601. The van der Waals surface area contributed by atoms with Crippen molar-refractivity contribution in [3.63, 3.8) is 0 Å². The fraction of sp³-hybridized carbons (Fsp3) is 0.467. The molecule has 0 aliphatic carbocycles. The lowest BCUT2D eigenvalue weighted by atomic mass is 10.0. The highest BCUT2D eigenvalue weighted by Gasteiger charge is 2.33. The molecule has 0 aromatic heterocycles. The van der Waals surface area contributed by atoms with Crippen molar-refractivity contribution in [3.8, 4) is 5.75 Å². The Hall–Kier alpha value is -1.55. The van der Waals surface area contributed by atoms with Gasteiger partial charge in [0.2, 0.25) is 5.91 Å². The van der Waals surface area contributed by atoms with Crippen molar-refractivity contribution in [1.82, 2.24) is 4.90 Å². The Morgan fingerprint density at radius 2 is 2.05 bits per heavy atom. The average molecular weight is 262 g/mol. The molecule has 1 saturated heterocycles. The SMILES string of the molecule is [CH2-][N+]1(C)CCN(C(C)=O)CC1c1ccc(OC)cc1. The molecule has 4 nitrogen and oxygen atoms in total. The first-order chi connectivity index (χ1) is 8.94. The smallest absolute Gasteiger partial charge is 0.219 e. The molecule has 2 rings (SSSR count). The van der Waals surface area contributed by atoms with Crippen LogP contribution < -0.4 is 4.74 Å². The third-order valence-electron chi connectivity index (χ3n) is 3.97. The van der Waals surface area contributed by atoms with E-state index in [0.717, 1.165) is 25.4 Å². The summed E-state index contributed by atoms with van der Waals surface area (Å²) in [6.45, 7) is 4.00. The molecule has 1 aromatic rings. The number of amides is 1. The monoisotopic (exact) mass is 262 g/mol. The van der Waals surface area contributed by atoms with E-state index in [0.29, 0.717) is 4.48 Å². The van der Waals surface area contributed by atoms with E-state index in [-0.39, 0.29) is 11.9 Å². The van der Waals surface area contributed by atoms with Crippen LogP contribution in [0.2, 0.25) is 0 Å². The van der Waals surface area contributed by atoms with Crippen LogP contribution in [-0.2, 0) is 4.79 Å². The molecule has 0 radical (unpaired) electrons. The van der Waals surface area contributed by atoms with E-state index in [9.17, 15) is 4.79 Å². The lowest BCUT2D eigenvalue weighted by molar-refractivity contribution is -0.902. The molecule has 104 valence electrons. The zero-order valence-corrected chi connectivity index (χ0v) is 11.9. The van der Waals surface area contributed by atoms with Crippen molar-refractivity contribution in [3.05, 3.63) is 36.9 Å². The molecule has 1 fully saturated rings. The summed E-state index contributed by atoms with van der Waals surface area (Å²) in [5.41, 5.74) is 1.20. The Morgan fingerprint density at radius 1 is 1.42 bits per heavy atom. The molecule has 1 heterocycles. The van der Waals surface area contributed by atoms with Gasteiger partial charge in [0.25, 0.3) is 0 Å². The van der Waals surface area contributed by atoms with Crippen molar-refractivity contribution >= 4 is 5.91 Å². The molecule has 0 N–H and O–H groups in total. The van der Waals surface area contributed by atoms with Crippen LogP contribution in [0.3, 0.4) is 0 Å². The summed E-state index contributed by atoms with van der Waals surface area (Å²) in [5.74, 6) is 0.986. The van der Waals surface area contributed by atoms with Crippen LogP contribution in [0.25, 0.3) is 0 Å². The Bertz CT molecular complexity index is 454. The summed E-state index contributed by atoms with van der Waals surface area (Å²) in [6, 6.07) is 8.26. The summed E-state index contributed by atoms with van der Waals surface area (Å²) >= 11 is 0. The number of hydrogen-bond donors (Lipinski definition) is 0. The van der Waals surface area contributed by atoms with Gasteiger partial charge in [-0.05, 0) is 24.3 Å². The zero-order chi connectivity index (χ0) is 14.0. The van der Waals surface area contributed by atoms with Gasteiger partial charge in [0.1, 0.15) is 11.8 Å². The second-order valence-corrected chi connectivity index (χ2v) is 5.46. The van der Waals surface area contributed by atoms with E-state index in [1.54, 1.807) is 14.0 Å². The summed E-state index contributed by atoms with van der Waals surface area (Å²) < 4.78 is 5.85. The fourth-order valence-corrected chi connectivity index (χ4v) is 2.58. The average Bonchev–Trinajstić information content (AvgIpc) is 2.38. The van der Waals surface area contributed by atoms with Crippen LogP contribution >= 0.6 is 0 Å². The first kappa shape index (κ1) is 13.9. The second kappa shape index (κ2) is 5.21. The second-order valence-electron chi connectivity index (χ2n) is 5.46. The van der Waals surface area contributed by atoms with E-state index in [1.807, 2.05) is 17.0 Å². The molecule has 1 aliphatic rings. The van der Waals surface area contributed by atoms with Gasteiger partial charge in [-0.1, -0.05) is 0 Å². The Kier molecular flexibility index (Phi) is 3.80. The summed E-state index contributed by atoms with van der Waals surface area (Å²) in [7, 11) is 8.07. The zero-order valence-electron chi connectivity index (χ0n) is 11.9. The first-order valence-corrected chi connectivity index (χ1v) is 6.53. The maximum absolute atomic E-state index is 11.6. The summed E-state index contributed by atoms with van der Waals surface area (Å²) in [5, 5.41) is 0. The molecule has 4 heteroatoms. The number of rotatable bonds is 2. The van der Waals surface area contributed by atoms with Crippen LogP contribution in [-0.4, -0.2) is 49.1 Å². The lowest BCUT2D eigenvalue weighted by Crippen LogP contribution is -2.56. The van der Waals surface area contributed by atoms with E-state index in [1.165, 1.54) is 5.56 Å². The number of piperazine rings is 1. The number of carbonyl (C=O) groups is 1. The summed E-state index contributed by atoms with van der Waals surface area (Å²) in [6.07, 6.45) is 0. The Labute approximate surface area is 115 Å². The molecule has 1 aliphatic heterocycles. The van der Waals surface area contributed by atoms with Gasteiger partial charge in [-0.25, -0.2) is 0 Å². The molecule has 0 spiro atoms. The van der Waals surface area contributed by atoms with Gasteiger partial charge < -0.3 is 14.1 Å². The van der Waals surface area contributed by atoms with Crippen molar-refractivity contribution in [1.29, 1.82) is 0 Å². The number of carbonyl (C=O) groups excluding carboxylic acids is 1. The van der Waals surface area contributed by atoms with Gasteiger partial charge >= 0.3 is 0 Å². The standard InChI is InChI=1S/C15H22N2O2/c1-12(18)16-9-10-17(2,3)15(11-16)13-5-7-14(19-4)8-6-13/h5-8,15H,2,9-11H2,1,3-4H3. The highest BCUT2D eigenvalue weighted by molar-refractivity contribution is 5.73. The van der Waals surface area contributed by atoms with E-state index in [4.69, 9.17) is 4.74 Å².